The molecule has 1 heterocycles. The van der Waals surface area contributed by atoms with E-state index in [1.807, 2.05) is 42.5 Å². The van der Waals surface area contributed by atoms with Crippen molar-refractivity contribution >= 4 is 51.4 Å². The monoisotopic (exact) mass is 395 g/mol. The Bertz CT molecular complexity index is 1100. The first-order valence-electron chi connectivity index (χ1n) is 8.23. The number of amides is 2. The number of rotatable bonds is 3. The van der Waals surface area contributed by atoms with Gasteiger partial charge in [-0.15, -0.1) is 0 Å². The Balaban J connectivity index is 1.63. The fraction of sp³-hybridized carbons (Fsp3) is 0.0476. The lowest BCUT2D eigenvalue weighted by Gasteiger charge is -2.14. The summed E-state index contributed by atoms with van der Waals surface area (Å²) in [6, 6.07) is 18.4. The van der Waals surface area contributed by atoms with Crippen LogP contribution in [0, 0.1) is 0 Å². The van der Waals surface area contributed by atoms with E-state index in [-0.39, 0.29) is 28.5 Å². The van der Waals surface area contributed by atoms with E-state index in [2.05, 4.69) is 0 Å². The van der Waals surface area contributed by atoms with Gasteiger partial charge in [0, 0.05) is 0 Å². The highest BCUT2D eigenvalue weighted by Gasteiger charge is 2.35. The van der Waals surface area contributed by atoms with Gasteiger partial charge in [0.05, 0.1) is 16.5 Å². The van der Waals surface area contributed by atoms with Crippen molar-refractivity contribution < 1.29 is 14.7 Å². The average molecular weight is 396 g/mol. The molecule has 134 valence electrons. The third-order valence-corrected chi connectivity index (χ3v) is 5.56. The van der Waals surface area contributed by atoms with Gasteiger partial charge in [-0.3, -0.25) is 14.5 Å². The van der Waals surface area contributed by atoms with Crippen molar-refractivity contribution in [1.82, 2.24) is 4.90 Å². The van der Waals surface area contributed by atoms with E-state index in [9.17, 15) is 14.7 Å². The number of hydrogen-bond acceptors (Lipinski definition) is 4. The Morgan fingerprint density at radius 1 is 1.04 bits per heavy atom. The summed E-state index contributed by atoms with van der Waals surface area (Å²) < 4.78 is 0. The normalized spacial score (nSPS) is 15.9. The first-order chi connectivity index (χ1) is 13.0. The summed E-state index contributed by atoms with van der Waals surface area (Å²) >= 11 is 6.81. The highest BCUT2D eigenvalue weighted by Crippen LogP contribution is 2.35. The zero-order chi connectivity index (χ0) is 19.0. The van der Waals surface area contributed by atoms with Gasteiger partial charge in [-0.25, -0.2) is 0 Å². The van der Waals surface area contributed by atoms with Crippen molar-refractivity contribution in [2.75, 3.05) is 0 Å². The van der Waals surface area contributed by atoms with Crippen LogP contribution < -0.4 is 0 Å². The molecule has 1 N–H and O–H groups in total. The maximum atomic E-state index is 12.7. The summed E-state index contributed by atoms with van der Waals surface area (Å²) in [5.41, 5.74) is 1.57. The maximum Gasteiger partial charge on any atom is 0.293 e. The van der Waals surface area contributed by atoms with Crippen LogP contribution in [0.1, 0.15) is 11.1 Å². The number of imide groups is 1. The minimum absolute atomic E-state index is 0.0297. The van der Waals surface area contributed by atoms with Crippen LogP contribution in [-0.2, 0) is 11.3 Å². The van der Waals surface area contributed by atoms with Crippen molar-refractivity contribution in [3.8, 4) is 5.75 Å². The van der Waals surface area contributed by atoms with Gasteiger partial charge in [-0.05, 0) is 51.9 Å². The SMILES string of the molecule is O=C1S/C(=C/c2ccc(O)c(Cl)c2)C(=O)N1Cc1cccc2ccccc12. The quantitative estimate of drug-likeness (QED) is 0.600. The predicted molar refractivity (Wildman–Crippen MR) is 109 cm³/mol. The molecule has 1 aliphatic heterocycles. The molecule has 0 aliphatic carbocycles. The number of thioether (sulfide) groups is 1. The Morgan fingerprint density at radius 3 is 2.63 bits per heavy atom. The molecule has 6 heteroatoms. The summed E-state index contributed by atoms with van der Waals surface area (Å²) in [5.74, 6) is -0.361. The van der Waals surface area contributed by atoms with E-state index in [1.165, 1.54) is 11.0 Å². The molecule has 0 atom stereocenters. The van der Waals surface area contributed by atoms with E-state index in [4.69, 9.17) is 11.6 Å². The van der Waals surface area contributed by atoms with Gasteiger partial charge in [0.1, 0.15) is 5.75 Å². The lowest BCUT2D eigenvalue weighted by molar-refractivity contribution is -0.123. The molecule has 0 spiro atoms. The third kappa shape index (κ3) is 3.44. The first-order valence-corrected chi connectivity index (χ1v) is 9.43. The molecule has 1 fully saturated rings. The summed E-state index contributed by atoms with van der Waals surface area (Å²) in [4.78, 5) is 26.7. The molecule has 0 unspecified atom stereocenters. The molecule has 4 rings (SSSR count). The number of fused-ring (bicyclic) bond motifs is 1. The van der Waals surface area contributed by atoms with Gasteiger partial charge in [-0.2, -0.15) is 0 Å². The minimum Gasteiger partial charge on any atom is -0.506 e. The van der Waals surface area contributed by atoms with E-state index in [0.29, 0.717) is 10.5 Å². The molecule has 4 nitrogen and oxygen atoms in total. The van der Waals surface area contributed by atoms with E-state index in [0.717, 1.165) is 28.1 Å². The number of carbonyl (C=O) groups excluding carboxylic acids is 2. The molecule has 3 aromatic carbocycles. The molecule has 27 heavy (non-hydrogen) atoms. The van der Waals surface area contributed by atoms with Crippen molar-refractivity contribution in [3.05, 3.63) is 81.7 Å². The van der Waals surface area contributed by atoms with Gasteiger partial charge < -0.3 is 5.11 Å². The Hall–Kier alpha value is -2.76. The molecule has 3 aromatic rings. The number of phenols is 1. The third-order valence-electron chi connectivity index (χ3n) is 4.35. The lowest BCUT2D eigenvalue weighted by Crippen LogP contribution is -2.27. The molecule has 0 radical (unpaired) electrons. The number of benzene rings is 3. The lowest BCUT2D eigenvalue weighted by atomic mass is 10.0. The van der Waals surface area contributed by atoms with Gasteiger partial charge in [0.2, 0.25) is 0 Å². The maximum absolute atomic E-state index is 12.7. The molecular weight excluding hydrogens is 382 g/mol. The Labute approximate surface area is 165 Å². The molecule has 0 aromatic heterocycles. The smallest absolute Gasteiger partial charge is 0.293 e. The van der Waals surface area contributed by atoms with Crippen molar-refractivity contribution in [2.24, 2.45) is 0 Å². The van der Waals surface area contributed by atoms with Crippen LogP contribution in [0.5, 0.6) is 5.75 Å². The fourth-order valence-electron chi connectivity index (χ4n) is 3.00. The van der Waals surface area contributed by atoms with Gasteiger partial charge in [-0.1, -0.05) is 60.1 Å². The number of phenolic OH excluding ortho intramolecular Hbond substituents is 1. The Morgan fingerprint density at radius 2 is 1.81 bits per heavy atom. The fourth-order valence-corrected chi connectivity index (χ4v) is 4.03. The second-order valence-corrected chi connectivity index (χ2v) is 7.52. The van der Waals surface area contributed by atoms with Crippen LogP contribution >= 0.6 is 23.4 Å². The van der Waals surface area contributed by atoms with Crippen LogP contribution in [0.4, 0.5) is 4.79 Å². The summed E-state index contributed by atoms with van der Waals surface area (Å²) in [5, 5.41) is 11.5. The standard InChI is InChI=1S/C21H14ClNO3S/c22-17-10-13(8-9-18(17)24)11-19-20(25)23(21(26)27-19)12-15-6-3-5-14-4-1-2-7-16(14)15/h1-11,24H,12H2/b19-11+. The highest BCUT2D eigenvalue weighted by atomic mass is 35.5. The van der Waals surface area contributed by atoms with Gasteiger partial charge in [0.15, 0.2) is 0 Å². The number of hydrogen-bond donors (Lipinski definition) is 1. The zero-order valence-electron chi connectivity index (χ0n) is 14.1. The van der Waals surface area contributed by atoms with E-state index in [1.54, 1.807) is 18.2 Å². The van der Waals surface area contributed by atoms with E-state index < -0.39 is 0 Å². The summed E-state index contributed by atoms with van der Waals surface area (Å²) in [6.45, 7) is 0.222. The number of nitrogens with zero attached hydrogens (tertiary/aromatic N) is 1. The van der Waals surface area contributed by atoms with Crippen LogP contribution in [0.3, 0.4) is 0 Å². The van der Waals surface area contributed by atoms with Crippen LogP contribution in [0.2, 0.25) is 5.02 Å². The van der Waals surface area contributed by atoms with Crippen LogP contribution in [0.25, 0.3) is 16.8 Å². The number of aromatic hydroxyl groups is 1. The molecule has 0 saturated carbocycles. The number of carbonyl (C=O) groups is 2. The number of halogens is 1. The largest absolute Gasteiger partial charge is 0.506 e. The molecule has 1 aliphatic rings. The molecule has 2 amide bonds. The summed E-state index contributed by atoms with van der Waals surface area (Å²) in [6.07, 6.45) is 1.61. The topological polar surface area (TPSA) is 57.6 Å². The molecular formula is C21H14ClNO3S. The second kappa shape index (κ2) is 7.10. The van der Waals surface area contributed by atoms with Crippen LogP contribution in [0.15, 0.2) is 65.6 Å². The summed E-state index contributed by atoms with van der Waals surface area (Å²) in [7, 11) is 0. The van der Waals surface area contributed by atoms with E-state index >= 15 is 0 Å². The average Bonchev–Trinajstić information content (AvgIpc) is 2.92. The molecule has 0 bridgehead atoms. The predicted octanol–water partition coefficient (Wildman–Crippen LogP) is 5.44. The van der Waals surface area contributed by atoms with Gasteiger partial charge >= 0.3 is 0 Å². The minimum atomic E-state index is -0.331. The highest BCUT2D eigenvalue weighted by molar-refractivity contribution is 8.18. The Kier molecular flexibility index (Phi) is 4.64. The second-order valence-electron chi connectivity index (χ2n) is 6.12. The van der Waals surface area contributed by atoms with Crippen molar-refractivity contribution in [1.29, 1.82) is 0 Å². The first kappa shape index (κ1) is 17.6. The van der Waals surface area contributed by atoms with Crippen molar-refractivity contribution in [2.45, 2.75) is 6.54 Å². The molecule has 1 saturated heterocycles. The zero-order valence-corrected chi connectivity index (χ0v) is 15.6. The van der Waals surface area contributed by atoms with Gasteiger partial charge in [0.25, 0.3) is 11.1 Å². The van der Waals surface area contributed by atoms with Crippen LogP contribution in [-0.4, -0.2) is 21.2 Å². The van der Waals surface area contributed by atoms with Crippen molar-refractivity contribution in [3.63, 3.8) is 0 Å².